The number of hydrogen-bond acceptors (Lipinski definition) is 4. The molecule has 2 aromatic carbocycles. The molecule has 6 nitrogen and oxygen atoms in total. The summed E-state index contributed by atoms with van der Waals surface area (Å²) in [5, 5.41) is 14.7. The summed E-state index contributed by atoms with van der Waals surface area (Å²) >= 11 is 24.8. The summed E-state index contributed by atoms with van der Waals surface area (Å²) < 4.78 is 0. The Morgan fingerprint density at radius 3 is 2.26 bits per heavy atom. The Bertz CT molecular complexity index is 1170. The highest BCUT2D eigenvalue weighted by Gasteiger charge is 2.38. The number of hydrogen-bond donors (Lipinski definition) is 2. The molecule has 38 heavy (non-hydrogen) atoms. The predicted molar refractivity (Wildman–Crippen MR) is 153 cm³/mol. The molecular weight excluding hydrogens is 568 g/mol. The van der Waals surface area contributed by atoms with Gasteiger partial charge in [-0.15, -0.1) is 0 Å². The molecule has 2 aliphatic rings. The van der Waals surface area contributed by atoms with Crippen LogP contribution in [0.25, 0.3) is 0 Å². The van der Waals surface area contributed by atoms with Gasteiger partial charge in [-0.1, -0.05) is 58.5 Å². The summed E-state index contributed by atoms with van der Waals surface area (Å²) in [4.78, 5) is 30.4. The molecule has 0 radical (unpaired) electrons. The van der Waals surface area contributed by atoms with E-state index in [0.29, 0.717) is 51.1 Å². The van der Waals surface area contributed by atoms with Crippen molar-refractivity contribution in [2.75, 3.05) is 32.8 Å². The number of aliphatic hydroxyl groups is 1. The maximum absolute atomic E-state index is 13.9. The number of carbonyl (C=O) groups excluding carboxylic acids is 2. The van der Waals surface area contributed by atoms with Gasteiger partial charge in [0.25, 0.3) is 0 Å². The second-order valence-electron chi connectivity index (χ2n) is 10.4. The molecule has 2 atom stereocenters. The standard InChI is InChI=1S/C28H33Cl4N3O3/c1-28(19-5-7-22(30)24(32)16-19,27(38)33-25(17-36)18-4-6-21(29)23(31)15-18)10-14-34-12-8-20(9-13-34)35-11-2-3-26(35)37/h4-7,15-16,20,25,36H,2-3,8-14,17H2,1H3,(H,33,38)/t25-,28-/m1/s1. The number of carbonyl (C=O) groups is 2. The van der Waals surface area contributed by atoms with Crippen LogP contribution in [0.5, 0.6) is 0 Å². The van der Waals surface area contributed by atoms with Crippen LogP contribution >= 0.6 is 46.4 Å². The lowest BCUT2D eigenvalue weighted by atomic mass is 9.78. The minimum Gasteiger partial charge on any atom is -0.394 e. The molecule has 0 saturated carbocycles. The van der Waals surface area contributed by atoms with E-state index >= 15 is 0 Å². The van der Waals surface area contributed by atoms with Crippen molar-refractivity contribution in [3.05, 3.63) is 67.6 Å². The molecule has 206 valence electrons. The fourth-order valence-corrected chi connectivity index (χ4v) is 6.01. The van der Waals surface area contributed by atoms with Crippen molar-refractivity contribution in [1.82, 2.24) is 15.1 Å². The van der Waals surface area contributed by atoms with Gasteiger partial charge < -0.3 is 20.2 Å². The van der Waals surface area contributed by atoms with Gasteiger partial charge in [-0.05, 0) is 74.5 Å². The molecule has 0 aliphatic carbocycles. The normalized spacial score (nSPS) is 19.4. The molecule has 0 aromatic heterocycles. The molecule has 2 fully saturated rings. The van der Waals surface area contributed by atoms with Gasteiger partial charge in [0, 0.05) is 32.1 Å². The van der Waals surface area contributed by atoms with Gasteiger partial charge in [0.1, 0.15) is 0 Å². The number of likely N-dealkylation sites (tertiary alicyclic amines) is 2. The number of rotatable bonds is 9. The zero-order chi connectivity index (χ0) is 27.4. The van der Waals surface area contributed by atoms with Gasteiger partial charge in [-0.2, -0.15) is 0 Å². The lowest BCUT2D eigenvalue weighted by molar-refractivity contribution is -0.131. The molecule has 2 aromatic rings. The molecule has 2 amide bonds. The zero-order valence-electron chi connectivity index (χ0n) is 21.4. The summed E-state index contributed by atoms with van der Waals surface area (Å²) in [6, 6.07) is 9.94. The van der Waals surface area contributed by atoms with E-state index in [1.165, 1.54) is 0 Å². The predicted octanol–water partition coefficient (Wildman–Crippen LogP) is 5.88. The number of nitrogens with one attached hydrogen (secondary N) is 1. The monoisotopic (exact) mass is 599 g/mol. The average molecular weight is 601 g/mol. The van der Waals surface area contributed by atoms with E-state index in [4.69, 9.17) is 46.4 Å². The van der Waals surface area contributed by atoms with Crippen LogP contribution in [0, 0.1) is 0 Å². The van der Waals surface area contributed by atoms with E-state index in [2.05, 4.69) is 10.2 Å². The Hall–Kier alpha value is -1.54. The van der Waals surface area contributed by atoms with Crippen molar-refractivity contribution in [2.45, 2.75) is 56.5 Å². The van der Waals surface area contributed by atoms with E-state index in [-0.39, 0.29) is 18.4 Å². The summed E-state index contributed by atoms with van der Waals surface area (Å²) in [6.07, 6.45) is 4.02. The minimum atomic E-state index is -0.945. The third kappa shape index (κ3) is 6.60. The van der Waals surface area contributed by atoms with Crippen molar-refractivity contribution in [1.29, 1.82) is 0 Å². The first-order valence-corrected chi connectivity index (χ1v) is 14.5. The van der Waals surface area contributed by atoms with Crippen LogP contribution in [0.3, 0.4) is 0 Å². The smallest absolute Gasteiger partial charge is 0.230 e. The number of halogens is 4. The molecule has 0 spiro atoms. The Labute approximate surface area is 244 Å². The minimum absolute atomic E-state index is 0.237. The van der Waals surface area contributed by atoms with Gasteiger partial charge in [-0.25, -0.2) is 0 Å². The van der Waals surface area contributed by atoms with E-state index in [1.54, 1.807) is 30.3 Å². The fraction of sp³-hybridized carbons (Fsp3) is 0.500. The average Bonchev–Trinajstić information content (AvgIpc) is 3.34. The molecule has 10 heteroatoms. The topological polar surface area (TPSA) is 72.9 Å². The van der Waals surface area contributed by atoms with Gasteiger partial charge in [0.15, 0.2) is 0 Å². The van der Waals surface area contributed by atoms with Crippen LogP contribution in [-0.2, 0) is 15.0 Å². The molecule has 2 heterocycles. The fourth-order valence-electron chi connectivity index (χ4n) is 5.40. The van der Waals surface area contributed by atoms with Crippen molar-refractivity contribution >= 4 is 58.2 Å². The number of aliphatic hydroxyl groups excluding tert-OH is 1. The number of piperidine rings is 1. The molecule has 2 saturated heterocycles. The SMILES string of the molecule is C[C@](CCN1CCC(N2CCCC2=O)CC1)(C(=O)N[C@H](CO)c1ccc(Cl)c(Cl)c1)c1ccc(Cl)c(Cl)c1. The van der Waals surface area contributed by atoms with Gasteiger partial charge >= 0.3 is 0 Å². The molecule has 2 aliphatic heterocycles. The van der Waals surface area contributed by atoms with E-state index in [1.807, 2.05) is 17.9 Å². The summed E-state index contributed by atoms with van der Waals surface area (Å²) in [6.45, 7) is 4.89. The highest BCUT2D eigenvalue weighted by molar-refractivity contribution is 6.42. The lowest BCUT2D eigenvalue weighted by Gasteiger charge is -2.38. The van der Waals surface area contributed by atoms with E-state index in [0.717, 1.165) is 44.5 Å². The van der Waals surface area contributed by atoms with E-state index < -0.39 is 11.5 Å². The third-order valence-electron chi connectivity index (χ3n) is 7.93. The first kappa shape index (κ1) is 29.4. The van der Waals surface area contributed by atoms with E-state index in [9.17, 15) is 14.7 Å². The molecular formula is C28H33Cl4N3O3. The number of amides is 2. The highest BCUT2D eigenvalue weighted by Crippen LogP contribution is 2.35. The first-order valence-electron chi connectivity index (χ1n) is 13.0. The van der Waals surface area contributed by atoms with Crippen molar-refractivity contribution in [3.63, 3.8) is 0 Å². The van der Waals surface area contributed by atoms with Gasteiger partial charge in [-0.3, -0.25) is 9.59 Å². The third-order valence-corrected chi connectivity index (χ3v) is 9.41. The van der Waals surface area contributed by atoms with Gasteiger partial charge in [0.05, 0.1) is 38.2 Å². The van der Waals surface area contributed by atoms with Gasteiger partial charge in [0.2, 0.25) is 11.8 Å². The maximum Gasteiger partial charge on any atom is 0.230 e. The Balaban J connectivity index is 1.49. The summed E-state index contributed by atoms with van der Waals surface area (Å²) in [5.74, 6) is 0.0336. The van der Waals surface area contributed by atoms with Crippen molar-refractivity contribution < 1.29 is 14.7 Å². The Kier molecular flexibility index (Phi) is 9.88. The highest BCUT2D eigenvalue weighted by atomic mass is 35.5. The van der Waals surface area contributed by atoms with Crippen LogP contribution in [-0.4, -0.2) is 65.5 Å². The molecule has 2 N–H and O–H groups in total. The maximum atomic E-state index is 13.9. The largest absolute Gasteiger partial charge is 0.394 e. The summed E-state index contributed by atoms with van der Waals surface area (Å²) in [7, 11) is 0. The molecule has 0 unspecified atom stereocenters. The quantitative estimate of drug-likeness (QED) is 0.377. The van der Waals surface area contributed by atoms with Crippen molar-refractivity contribution in [2.24, 2.45) is 0 Å². The second kappa shape index (κ2) is 12.8. The Morgan fingerprint density at radius 1 is 1.03 bits per heavy atom. The van der Waals surface area contributed by atoms with Crippen LogP contribution in [0.4, 0.5) is 0 Å². The summed E-state index contributed by atoms with van der Waals surface area (Å²) in [5.41, 5.74) is 0.456. The Morgan fingerprint density at radius 2 is 1.68 bits per heavy atom. The van der Waals surface area contributed by atoms with Crippen LogP contribution in [0.1, 0.15) is 56.2 Å². The molecule has 4 rings (SSSR count). The van der Waals surface area contributed by atoms with Crippen LogP contribution in [0.15, 0.2) is 36.4 Å². The zero-order valence-corrected chi connectivity index (χ0v) is 24.4. The lowest BCUT2D eigenvalue weighted by Crippen LogP contribution is -2.49. The van der Waals surface area contributed by atoms with Crippen LogP contribution in [0.2, 0.25) is 20.1 Å². The first-order chi connectivity index (χ1) is 18.1. The number of benzene rings is 2. The van der Waals surface area contributed by atoms with Crippen molar-refractivity contribution in [3.8, 4) is 0 Å². The van der Waals surface area contributed by atoms with Crippen LogP contribution < -0.4 is 5.32 Å². The number of nitrogens with zero attached hydrogens (tertiary/aromatic N) is 2. The second-order valence-corrected chi connectivity index (χ2v) is 12.0. The molecule has 0 bridgehead atoms.